The van der Waals surface area contributed by atoms with E-state index in [9.17, 15) is 4.79 Å². The van der Waals surface area contributed by atoms with Crippen LogP contribution in [0.5, 0.6) is 0 Å². The Kier molecular flexibility index (Phi) is 5.65. The summed E-state index contributed by atoms with van der Waals surface area (Å²) in [4.78, 5) is 13.0. The summed E-state index contributed by atoms with van der Waals surface area (Å²) >= 11 is 0. The standard InChI is InChI=1S/C20H33FO3/c1-3-13-23-15-5-9-19(10-6-15)17(21)20(18(19)22)11-7-16(8-12-20)24-14-4-2/h15-17H,3-14H2,1-2H3. The predicted octanol–water partition coefficient (Wildman–Crippen LogP) is 4.62. The fourth-order valence-electron chi connectivity index (χ4n) is 5.25. The molecule has 3 nitrogen and oxygen atoms in total. The van der Waals surface area contributed by atoms with Crippen LogP contribution in [0.1, 0.15) is 78.1 Å². The van der Waals surface area contributed by atoms with Crippen LogP contribution in [0.3, 0.4) is 0 Å². The molecule has 0 saturated heterocycles. The van der Waals surface area contributed by atoms with Gasteiger partial charge in [0.25, 0.3) is 0 Å². The summed E-state index contributed by atoms with van der Waals surface area (Å²) < 4.78 is 26.9. The van der Waals surface area contributed by atoms with E-state index in [4.69, 9.17) is 9.47 Å². The quantitative estimate of drug-likeness (QED) is 0.708. The molecular weight excluding hydrogens is 307 g/mol. The van der Waals surface area contributed by atoms with Gasteiger partial charge in [-0.1, -0.05) is 13.8 Å². The van der Waals surface area contributed by atoms with Crippen molar-refractivity contribution in [2.45, 2.75) is 96.4 Å². The minimum atomic E-state index is -0.947. The van der Waals surface area contributed by atoms with Crippen molar-refractivity contribution in [2.75, 3.05) is 13.2 Å². The molecular formula is C20H33FO3. The highest BCUT2D eigenvalue weighted by Gasteiger charge is 2.71. The van der Waals surface area contributed by atoms with Crippen LogP contribution >= 0.6 is 0 Å². The van der Waals surface area contributed by atoms with Gasteiger partial charge in [0.05, 0.1) is 23.0 Å². The lowest BCUT2D eigenvalue weighted by Gasteiger charge is -2.61. The van der Waals surface area contributed by atoms with Gasteiger partial charge in [-0.15, -0.1) is 0 Å². The van der Waals surface area contributed by atoms with Crippen molar-refractivity contribution in [3.8, 4) is 0 Å². The summed E-state index contributed by atoms with van der Waals surface area (Å²) in [7, 11) is 0. The van der Waals surface area contributed by atoms with Gasteiger partial charge in [0.15, 0.2) is 5.78 Å². The molecule has 3 aliphatic carbocycles. The normalized spacial score (nSPS) is 42.5. The molecule has 0 aliphatic heterocycles. The number of carbonyl (C=O) groups is 1. The van der Waals surface area contributed by atoms with Gasteiger partial charge in [-0.3, -0.25) is 4.79 Å². The van der Waals surface area contributed by atoms with E-state index < -0.39 is 17.0 Å². The number of halogens is 1. The number of hydrogen-bond donors (Lipinski definition) is 0. The second kappa shape index (κ2) is 7.41. The maximum Gasteiger partial charge on any atom is 0.151 e. The third-order valence-corrected chi connectivity index (χ3v) is 6.64. The van der Waals surface area contributed by atoms with Crippen molar-refractivity contribution in [1.29, 1.82) is 0 Å². The van der Waals surface area contributed by atoms with Crippen LogP contribution in [0.4, 0.5) is 4.39 Å². The fraction of sp³-hybridized carbons (Fsp3) is 0.950. The molecule has 0 bridgehead atoms. The van der Waals surface area contributed by atoms with E-state index in [-0.39, 0.29) is 18.0 Å². The molecule has 0 atom stereocenters. The minimum Gasteiger partial charge on any atom is -0.378 e. The van der Waals surface area contributed by atoms with Gasteiger partial charge in [-0.05, 0) is 64.2 Å². The van der Waals surface area contributed by atoms with Crippen LogP contribution in [-0.2, 0) is 14.3 Å². The van der Waals surface area contributed by atoms with Gasteiger partial charge < -0.3 is 9.47 Å². The molecule has 3 rings (SSSR count). The van der Waals surface area contributed by atoms with Crippen LogP contribution in [0.15, 0.2) is 0 Å². The Morgan fingerprint density at radius 2 is 1.25 bits per heavy atom. The first-order valence-electron chi connectivity index (χ1n) is 10.0. The molecule has 3 saturated carbocycles. The van der Waals surface area contributed by atoms with Crippen LogP contribution in [-0.4, -0.2) is 37.4 Å². The molecule has 0 N–H and O–H groups in total. The molecule has 4 heteroatoms. The first-order valence-corrected chi connectivity index (χ1v) is 10.0. The number of Topliss-reactive ketones (excluding diaryl/α,β-unsaturated/α-hetero) is 1. The van der Waals surface area contributed by atoms with E-state index >= 15 is 4.39 Å². The van der Waals surface area contributed by atoms with E-state index in [1.807, 2.05) is 0 Å². The lowest BCUT2D eigenvalue weighted by atomic mass is 9.42. The van der Waals surface area contributed by atoms with Crippen molar-refractivity contribution in [2.24, 2.45) is 10.8 Å². The van der Waals surface area contributed by atoms with Crippen LogP contribution in [0, 0.1) is 10.8 Å². The summed E-state index contributed by atoms with van der Waals surface area (Å²) in [6.45, 7) is 5.74. The molecule has 0 aromatic rings. The van der Waals surface area contributed by atoms with E-state index in [1.165, 1.54) is 0 Å². The molecule has 0 radical (unpaired) electrons. The zero-order valence-corrected chi connectivity index (χ0v) is 15.3. The summed E-state index contributed by atoms with van der Waals surface area (Å²) in [6.07, 6.45) is 7.60. The smallest absolute Gasteiger partial charge is 0.151 e. The van der Waals surface area contributed by atoms with Gasteiger partial charge in [0.1, 0.15) is 6.17 Å². The summed E-state index contributed by atoms with van der Waals surface area (Å²) in [5.74, 6) is 0.227. The molecule has 0 heterocycles. The maximum absolute atomic E-state index is 15.3. The highest BCUT2D eigenvalue weighted by atomic mass is 19.1. The van der Waals surface area contributed by atoms with Crippen LogP contribution < -0.4 is 0 Å². The predicted molar refractivity (Wildman–Crippen MR) is 91.8 cm³/mol. The number of ketones is 1. The molecule has 0 aromatic carbocycles. The molecule has 0 unspecified atom stereocenters. The number of carbonyl (C=O) groups excluding carboxylic acids is 1. The molecule has 3 aliphatic rings. The van der Waals surface area contributed by atoms with Crippen molar-refractivity contribution in [3.05, 3.63) is 0 Å². The molecule has 24 heavy (non-hydrogen) atoms. The summed E-state index contributed by atoms with van der Waals surface area (Å²) in [6, 6.07) is 0. The van der Waals surface area contributed by atoms with Gasteiger partial charge in [-0.2, -0.15) is 0 Å². The first-order chi connectivity index (χ1) is 11.6. The average molecular weight is 340 g/mol. The number of rotatable bonds is 6. The van der Waals surface area contributed by atoms with Gasteiger partial charge in [0.2, 0.25) is 0 Å². The zero-order valence-electron chi connectivity index (χ0n) is 15.3. The van der Waals surface area contributed by atoms with Gasteiger partial charge >= 0.3 is 0 Å². The molecule has 0 aromatic heterocycles. The molecule has 3 fully saturated rings. The van der Waals surface area contributed by atoms with Crippen molar-refractivity contribution in [3.63, 3.8) is 0 Å². The number of hydrogen-bond acceptors (Lipinski definition) is 3. The Bertz CT molecular complexity index is 396. The van der Waals surface area contributed by atoms with E-state index in [1.54, 1.807) is 0 Å². The first kappa shape index (κ1) is 18.3. The number of alkyl halides is 1. The fourth-order valence-corrected chi connectivity index (χ4v) is 5.25. The second-order valence-electron chi connectivity index (χ2n) is 8.14. The highest BCUT2D eigenvalue weighted by molar-refractivity contribution is 5.98. The van der Waals surface area contributed by atoms with Gasteiger partial charge in [-0.25, -0.2) is 4.39 Å². The Labute approximate surface area is 145 Å². The molecule has 2 spiro atoms. The van der Waals surface area contributed by atoms with E-state index in [0.29, 0.717) is 25.7 Å². The van der Waals surface area contributed by atoms with E-state index in [2.05, 4.69) is 13.8 Å². The topological polar surface area (TPSA) is 35.5 Å². The largest absolute Gasteiger partial charge is 0.378 e. The SMILES string of the molecule is CCCOC1CCC2(CC1)C(=O)C1(CCC(OCCC)CC1)C2F. The van der Waals surface area contributed by atoms with Gasteiger partial charge in [0, 0.05) is 13.2 Å². The van der Waals surface area contributed by atoms with Crippen molar-refractivity contribution in [1.82, 2.24) is 0 Å². The summed E-state index contributed by atoms with van der Waals surface area (Å²) in [5.41, 5.74) is -1.35. The van der Waals surface area contributed by atoms with E-state index in [0.717, 1.165) is 51.7 Å². The molecule has 138 valence electrons. The lowest BCUT2D eigenvalue weighted by molar-refractivity contribution is -0.198. The molecule has 0 amide bonds. The van der Waals surface area contributed by atoms with Crippen molar-refractivity contribution >= 4 is 5.78 Å². The monoisotopic (exact) mass is 340 g/mol. The highest BCUT2D eigenvalue weighted by Crippen LogP contribution is 2.64. The second-order valence-corrected chi connectivity index (χ2v) is 8.14. The Morgan fingerprint density at radius 1 is 0.875 bits per heavy atom. The minimum absolute atomic E-state index is 0.227. The zero-order chi connectivity index (χ0) is 17.2. The third kappa shape index (κ3) is 2.94. The third-order valence-electron chi connectivity index (χ3n) is 6.64. The average Bonchev–Trinajstić information content (AvgIpc) is 2.64. The maximum atomic E-state index is 15.3. The lowest BCUT2D eigenvalue weighted by Crippen LogP contribution is -2.69. The Hall–Kier alpha value is -0.480. The number of ether oxygens (including phenoxy) is 2. The van der Waals surface area contributed by atoms with Crippen molar-refractivity contribution < 1.29 is 18.7 Å². The van der Waals surface area contributed by atoms with Crippen LogP contribution in [0.2, 0.25) is 0 Å². The van der Waals surface area contributed by atoms with Crippen LogP contribution in [0.25, 0.3) is 0 Å². The Balaban J connectivity index is 1.55. The summed E-state index contributed by atoms with van der Waals surface area (Å²) in [5, 5.41) is 0. The Morgan fingerprint density at radius 3 is 1.54 bits per heavy atom.